The third kappa shape index (κ3) is 3.98. The van der Waals surface area contributed by atoms with E-state index in [4.69, 9.17) is 4.74 Å². The highest BCUT2D eigenvalue weighted by Gasteiger charge is 1.98. The maximum atomic E-state index is 10.9. The SMILES string of the molecule is COc1ccc(CNc2ccc(NC(C)=O)cc2)cn1. The smallest absolute Gasteiger partial charge is 0.221 e. The Balaban J connectivity index is 1.91. The Bertz CT molecular complexity index is 565. The molecule has 0 fully saturated rings. The van der Waals surface area contributed by atoms with Gasteiger partial charge in [0.25, 0.3) is 0 Å². The molecule has 1 amide bonds. The molecule has 0 saturated carbocycles. The summed E-state index contributed by atoms with van der Waals surface area (Å²) in [5, 5.41) is 6.01. The number of rotatable bonds is 5. The molecular formula is C15H17N3O2. The molecule has 0 spiro atoms. The lowest BCUT2D eigenvalue weighted by Crippen LogP contribution is -2.05. The van der Waals surface area contributed by atoms with Gasteiger partial charge in [-0.15, -0.1) is 0 Å². The minimum absolute atomic E-state index is 0.0741. The molecule has 20 heavy (non-hydrogen) atoms. The topological polar surface area (TPSA) is 63.2 Å². The van der Waals surface area contributed by atoms with Crippen LogP contribution < -0.4 is 15.4 Å². The first-order valence-electron chi connectivity index (χ1n) is 6.28. The average molecular weight is 271 g/mol. The number of nitrogens with one attached hydrogen (secondary N) is 2. The van der Waals surface area contributed by atoms with Crippen LogP contribution in [0.5, 0.6) is 5.88 Å². The minimum Gasteiger partial charge on any atom is -0.481 e. The van der Waals surface area contributed by atoms with Gasteiger partial charge in [-0.25, -0.2) is 4.98 Å². The first-order valence-corrected chi connectivity index (χ1v) is 6.28. The molecule has 0 radical (unpaired) electrons. The average Bonchev–Trinajstić information content (AvgIpc) is 2.46. The molecule has 2 rings (SSSR count). The van der Waals surface area contributed by atoms with E-state index in [1.165, 1.54) is 6.92 Å². The lowest BCUT2D eigenvalue weighted by molar-refractivity contribution is -0.114. The van der Waals surface area contributed by atoms with Crippen LogP contribution in [0.15, 0.2) is 42.6 Å². The molecule has 0 atom stereocenters. The molecule has 0 unspecified atom stereocenters. The Labute approximate surface area is 118 Å². The van der Waals surface area contributed by atoms with Crippen LogP contribution in [-0.2, 0) is 11.3 Å². The van der Waals surface area contributed by atoms with Crippen LogP contribution in [0.25, 0.3) is 0 Å². The normalized spacial score (nSPS) is 9.90. The van der Waals surface area contributed by atoms with Crippen LogP contribution in [0.3, 0.4) is 0 Å². The summed E-state index contributed by atoms with van der Waals surface area (Å²) in [6.45, 7) is 2.17. The van der Waals surface area contributed by atoms with E-state index < -0.39 is 0 Å². The van der Waals surface area contributed by atoms with E-state index in [0.717, 1.165) is 16.9 Å². The van der Waals surface area contributed by atoms with Gasteiger partial charge in [0.05, 0.1) is 7.11 Å². The quantitative estimate of drug-likeness (QED) is 0.877. The van der Waals surface area contributed by atoms with E-state index in [1.807, 2.05) is 36.4 Å². The van der Waals surface area contributed by atoms with Gasteiger partial charge in [0.2, 0.25) is 11.8 Å². The zero-order valence-corrected chi connectivity index (χ0v) is 11.5. The number of carbonyl (C=O) groups is 1. The van der Waals surface area contributed by atoms with Crippen molar-refractivity contribution in [1.82, 2.24) is 4.98 Å². The number of pyridine rings is 1. The molecule has 1 aromatic carbocycles. The number of carbonyl (C=O) groups excluding carboxylic acids is 1. The maximum absolute atomic E-state index is 10.9. The van der Waals surface area contributed by atoms with E-state index in [9.17, 15) is 4.79 Å². The minimum atomic E-state index is -0.0741. The summed E-state index contributed by atoms with van der Waals surface area (Å²) < 4.78 is 5.01. The van der Waals surface area contributed by atoms with Crippen molar-refractivity contribution < 1.29 is 9.53 Å². The number of methoxy groups -OCH3 is 1. The molecule has 0 aliphatic carbocycles. The van der Waals surface area contributed by atoms with Gasteiger partial charge in [0.1, 0.15) is 0 Å². The predicted octanol–water partition coefficient (Wildman–Crippen LogP) is 2.66. The first-order chi connectivity index (χ1) is 9.67. The highest BCUT2D eigenvalue weighted by molar-refractivity contribution is 5.88. The molecule has 2 aromatic rings. The van der Waals surface area contributed by atoms with Crippen molar-refractivity contribution in [3.05, 3.63) is 48.2 Å². The number of hydrogen-bond acceptors (Lipinski definition) is 4. The maximum Gasteiger partial charge on any atom is 0.221 e. The number of hydrogen-bond donors (Lipinski definition) is 2. The number of ether oxygens (including phenoxy) is 1. The summed E-state index contributed by atoms with van der Waals surface area (Å²) in [6, 6.07) is 11.3. The predicted molar refractivity (Wildman–Crippen MR) is 78.9 cm³/mol. The van der Waals surface area contributed by atoms with Gasteiger partial charge >= 0.3 is 0 Å². The van der Waals surface area contributed by atoms with Crippen LogP contribution >= 0.6 is 0 Å². The van der Waals surface area contributed by atoms with E-state index in [2.05, 4.69) is 15.6 Å². The molecule has 2 N–H and O–H groups in total. The molecule has 104 valence electrons. The highest BCUT2D eigenvalue weighted by atomic mass is 16.5. The van der Waals surface area contributed by atoms with Crippen LogP contribution in [0.2, 0.25) is 0 Å². The van der Waals surface area contributed by atoms with E-state index >= 15 is 0 Å². The molecule has 1 heterocycles. The zero-order chi connectivity index (χ0) is 14.4. The van der Waals surface area contributed by atoms with Crippen molar-refractivity contribution in [2.75, 3.05) is 17.7 Å². The fourth-order valence-electron chi connectivity index (χ4n) is 1.72. The van der Waals surface area contributed by atoms with Crippen LogP contribution in [0.4, 0.5) is 11.4 Å². The molecule has 1 aromatic heterocycles. The van der Waals surface area contributed by atoms with E-state index in [-0.39, 0.29) is 5.91 Å². The summed E-state index contributed by atoms with van der Waals surface area (Å²) >= 11 is 0. The van der Waals surface area contributed by atoms with Gasteiger partial charge < -0.3 is 15.4 Å². The first kappa shape index (κ1) is 13.9. The molecular weight excluding hydrogens is 254 g/mol. The molecule has 5 heteroatoms. The Morgan fingerprint density at radius 3 is 2.40 bits per heavy atom. The molecule has 0 saturated heterocycles. The van der Waals surface area contributed by atoms with Gasteiger partial charge in [-0.1, -0.05) is 6.07 Å². The second-order valence-corrected chi connectivity index (χ2v) is 4.32. The van der Waals surface area contributed by atoms with Gasteiger partial charge in [0, 0.05) is 37.1 Å². The number of aromatic nitrogens is 1. The second kappa shape index (κ2) is 6.56. The summed E-state index contributed by atoms with van der Waals surface area (Å²) in [4.78, 5) is 15.1. The van der Waals surface area contributed by atoms with Crippen LogP contribution in [0.1, 0.15) is 12.5 Å². The molecule has 0 aliphatic heterocycles. The Kier molecular flexibility index (Phi) is 4.55. The van der Waals surface area contributed by atoms with Crippen molar-refractivity contribution in [1.29, 1.82) is 0 Å². The molecule has 0 aliphatic rings. The fourth-order valence-corrected chi connectivity index (χ4v) is 1.72. The monoisotopic (exact) mass is 271 g/mol. The number of anilines is 2. The van der Waals surface area contributed by atoms with Crippen LogP contribution in [0, 0.1) is 0 Å². The standard InChI is InChI=1S/C15H17N3O2/c1-11(19)18-14-6-4-13(5-7-14)16-9-12-3-8-15(20-2)17-10-12/h3-8,10,16H,9H2,1-2H3,(H,18,19). The number of nitrogens with zero attached hydrogens (tertiary/aromatic N) is 1. The molecule has 5 nitrogen and oxygen atoms in total. The zero-order valence-electron chi connectivity index (χ0n) is 11.5. The summed E-state index contributed by atoms with van der Waals surface area (Å²) in [6.07, 6.45) is 1.78. The number of amides is 1. The summed E-state index contributed by atoms with van der Waals surface area (Å²) in [5.41, 5.74) is 2.83. The van der Waals surface area contributed by atoms with Crippen molar-refractivity contribution in [2.45, 2.75) is 13.5 Å². The molecule has 0 bridgehead atoms. The Hall–Kier alpha value is -2.56. The lowest BCUT2D eigenvalue weighted by Gasteiger charge is -2.08. The van der Waals surface area contributed by atoms with Gasteiger partial charge in [0.15, 0.2) is 0 Å². The lowest BCUT2D eigenvalue weighted by atomic mass is 10.2. The largest absolute Gasteiger partial charge is 0.481 e. The number of benzene rings is 1. The van der Waals surface area contributed by atoms with Gasteiger partial charge in [-0.3, -0.25) is 4.79 Å². The van der Waals surface area contributed by atoms with Crippen molar-refractivity contribution in [2.24, 2.45) is 0 Å². The van der Waals surface area contributed by atoms with E-state index in [1.54, 1.807) is 13.3 Å². The Morgan fingerprint density at radius 1 is 1.15 bits per heavy atom. The van der Waals surface area contributed by atoms with E-state index in [0.29, 0.717) is 12.4 Å². The van der Waals surface area contributed by atoms with Crippen molar-refractivity contribution in [3.63, 3.8) is 0 Å². The Morgan fingerprint density at radius 2 is 1.85 bits per heavy atom. The van der Waals surface area contributed by atoms with Gasteiger partial charge in [-0.05, 0) is 29.8 Å². The second-order valence-electron chi connectivity index (χ2n) is 4.32. The van der Waals surface area contributed by atoms with Crippen molar-refractivity contribution in [3.8, 4) is 5.88 Å². The summed E-state index contributed by atoms with van der Waals surface area (Å²) in [5.74, 6) is 0.531. The van der Waals surface area contributed by atoms with Gasteiger partial charge in [-0.2, -0.15) is 0 Å². The van der Waals surface area contributed by atoms with Crippen LogP contribution in [-0.4, -0.2) is 18.0 Å². The van der Waals surface area contributed by atoms with Crippen molar-refractivity contribution >= 4 is 17.3 Å². The third-order valence-corrected chi connectivity index (χ3v) is 2.71. The third-order valence-electron chi connectivity index (χ3n) is 2.71. The highest BCUT2D eigenvalue weighted by Crippen LogP contribution is 2.15. The summed E-state index contributed by atoms with van der Waals surface area (Å²) in [7, 11) is 1.59. The fraction of sp³-hybridized carbons (Fsp3) is 0.200.